The largest absolute Gasteiger partial charge is 0.369 e. The molecule has 1 amide bonds. The van der Waals surface area contributed by atoms with Crippen molar-refractivity contribution >= 4 is 17.6 Å². The van der Waals surface area contributed by atoms with E-state index in [1.54, 1.807) is 7.05 Å². The molecular weight excluding hydrogens is 364 g/mol. The fourth-order valence-corrected chi connectivity index (χ4v) is 6.18. The third-order valence-corrected chi connectivity index (χ3v) is 7.99. The fraction of sp³-hybridized carbons (Fsp3) is 0.870. The fourth-order valence-electron chi connectivity index (χ4n) is 6.18. The maximum Gasteiger partial charge on any atom is 0.257 e. The number of nitrogens with zero attached hydrogens (tertiary/aromatic N) is 2. The van der Waals surface area contributed by atoms with E-state index in [9.17, 15) is 9.59 Å². The van der Waals surface area contributed by atoms with Gasteiger partial charge in [-0.15, -0.1) is 0 Å². The van der Waals surface area contributed by atoms with Gasteiger partial charge in [-0.05, 0) is 50.9 Å². The molecule has 0 radical (unpaired) electrons. The third kappa shape index (κ3) is 4.37. The number of hydrogen-bond acceptors (Lipinski definition) is 5. The summed E-state index contributed by atoms with van der Waals surface area (Å²) in [5.41, 5.74) is 5.33. The molecule has 4 rings (SSSR count). The highest BCUT2D eigenvalue weighted by Crippen LogP contribution is 2.38. The van der Waals surface area contributed by atoms with E-state index in [-0.39, 0.29) is 23.9 Å². The minimum absolute atomic E-state index is 0.0333. The standard InChI is InChI=1S/C23H38N4O2/c1-27-21(29)23(26-22(27)24,14-13-16-7-3-2-4-8-16)15-18-11-12-19(25-18)20(28)17-9-5-6-10-17/h16-19,25H,2-15H2,1H3,(H2,24,26)/t18-,19?,23+/m1/s1. The number of Topliss-reactive ketones (excluding diaryl/α,β-unsaturated/α-hetero) is 1. The van der Waals surface area contributed by atoms with Crippen LogP contribution in [0.1, 0.15) is 89.9 Å². The molecule has 6 nitrogen and oxygen atoms in total. The van der Waals surface area contributed by atoms with Crippen LogP contribution >= 0.6 is 0 Å². The monoisotopic (exact) mass is 402 g/mol. The summed E-state index contributed by atoms with van der Waals surface area (Å²) in [6, 6.07) is 0.137. The first kappa shape index (κ1) is 20.8. The number of carbonyl (C=O) groups is 2. The summed E-state index contributed by atoms with van der Waals surface area (Å²) in [6.07, 6.45) is 15.3. The number of hydrogen-bond donors (Lipinski definition) is 2. The molecule has 2 aliphatic carbocycles. The molecule has 4 aliphatic rings. The van der Waals surface area contributed by atoms with Crippen molar-refractivity contribution < 1.29 is 9.59 Å². The minimum atomic E-state index is -0.737. The Morgan fingerprint density at radius 2 is 1.79 bits per heavy atom. The molecule has 1 saturated heterocycles. The average molecular weight is 403 g/mol. The number of rotatable bonds is 7. The van der Waals surface area contributed by atoms with E-state index < -0.39 is 5.54 Å². The Morgan fingerprint density at radius 3 is 2.45 bits per heavy atom. The molecule has 6 heteroatoms. The maximum absolute atomic E-state index is 13.2. The van der Waals surface area contributed by atoms with E-state index in [1.165, 1.54) is 49.8 Å². The van der Waals surface area contributed by atoms with Gasteiger partial charge in [0, 0.05) is 19.0 Å². The van der Waals surface area contributed by atoms with E-state index in [4.69, 9.17) is 10.7 Å². The van der Waals surface area contributed by atoms with E-state index in [0.717, 1.165) is 38.5 Å². The Balaban J connectivity index is 1.40. The summed E-state index contributed by atoms with van der Waals surface area (Å²) >= 11 is 0. The van der Waals surface area contributed by atoms with Crippen molar-refractivity contribution in [1.29, 1.82) is 0 Å². The van der Waals surface area contributed by atoms with Crippen molar-refractivity contribution in [2.75, 3.05) is 7.05 Å². The Morgan fingerprint density at radius 1 is 1.10 bits per heavy atom. The van der Waals surface area contributed by atoms with Gasteiger partial charge in [-0.1, -0.05) is 44.9 Å². The van der Waals surface area contributed by atoms with E-state index in [2.05, 4.69) is 5.32 Å². The third-order valence-electron chi connectivity index (χ3n) is 7.99. The van der Waals surface area contributed by atoms with Gasteiger partial charge in [-0.2, -0.15) is 0 Å². The van der Waals surface area contributed by atoms with Crippen molar-refractivity contribution in [3.63, 3.8) is 0 Å². The van der Waals surface area contributed by atoms with Crippen LogP contribution in [-0.2, 0) is 9.59 Å². The van der Waals surface area contributed by atoms with Crippen molar-refractivity contribution in [3.05, 3.63) is 0 Å². The highest BCUT2D eigenvalue weighted by molar-refractivity contribution is 6.06. The molecule has 0 aromatic carbocycles. The lowest BCUT2D eigenvalue weighted by molar-refractivity contribution is -0.131. The van der Waals surface area contributed by atoms with Crippen LogP contribution in [0.4, 0.5) is 0 Å². The molecule has 3 fully saturated rings. The van der Waals surface area contributed by atoms with Crippen LogP contribution in [0.2, 0.25) is 0 Å². The van der Waals surface area contributed by atoms with Gasteiger partial charge in [0.05, 0.1) is 6.04 Å². The highest BCUT2D eigenvalue weighted by Gasteiger charge is 2.49. The molecule has 162 valence electrons. The average Bonchev–Trinajstić information content (AvgIpc) is 3.46. The van der Waals surface area contributed by atoms with Gasteiger partial charge in [-0.25, -0.2) is 4.99 Å². The highest BCUT2D eigenvalue weighted by atomic mass is 16.2. The van der Waals surface area contributed by atoms with Gasteiger partial charge in [0.15, 0.2) is 11.7 Å². The van der Waals surface area contributed by atoms with Gasteiger partial charge in [0.2, 0.25) is 0 Å². The zero-order chi connectivity index (χ0) is 20.4. The lowest BCUT2D eigenvalue weighted by atomic mass is 9.79. The van der Waals surface area contributed by atoms with Gasteiger partial charge in [-0.3, -0.25) is 14.5 Å². The van der Waals surface area contributed by atoms with Crippen LogP contribution in [0, 0.1) is 11.8 Å². The Hall–Kier alpha value is -1.43. The predicted octanol–water partition coefficient (Wildman–Crippen LogP) is 3.14. The van der Waals surface area contributed by atoms with Crippen LogP contribution < -0.4 is 11.1 Å². The zero-order valence-electron chi connectivity index (χ0n) is 18.0. The molecule has 0 spiro atoms. The topological polar surface area (TPSA) is 87.8 Å². The van der Waals surface area contributed by atoms with Crippen LogP contribution in [0.3, 0.4) is 0 Å². The number of nitrogens with one attached hydrogen (secondary N) is 1. The number of nitrogens with two attached hydrogens (primary N) is 1. The molecule has 29 heavy (non-hydrogen) atoms. The van der Waals surface area contributed by atoms with Crippen LogP contribution in [0.25, 0.3) is 0 Å². The summed E-state index contributed by atoms with van der Waals surface area (Å²) in [7, 11) is 1.73. The second-order valence-corrected chi connectivity index (χ2v) is 9.99. The van der Waals surface area contributed by atoms with Crippen LogP contribution in [0.15, 0.2) is 4.99 Å². The summed E-state index contributed by atoms with van der Waals surface area (Å²) in [4.78, 5) is 32.2. The van der Waals surface area contributed by atoms with Crippen molar-refractivity contribution in [1.82, 2.24) is 10.2 Å². The summed E-state index contributed by atoms with van der Waals surface area (Å²) in [5.74, 6) is 1.75. The van der Waals surface area contributed by atoms with E-state index in [1.807, 2.05) is 0 Å². The van der Waals surface area contributed by atoms with Gasteiger partial charge in [0.25, 0.3) is 5.91 Å². The number of guanidine groups is 1. The molecule has 3 atom stereocenters. The Kier molecular flexibility index (Phi) is 6.28. The molecule has 0 aromatic heterocycles. The van der Waals surface area contributed by atoms with Gasteiger partial charge in [0.1, 0.15) is 5.54 Å². The SMILES string of the molecule is CN1C(=O)[C@](CCC2CCCCC2)(C[C@H]2CCC(C(=O)C3CCCC3)N2)N=C1N. The van der Waals surface area contributed by atoms with E-state index >= 15 is 0 Å². The first-order valence-corrected chi connectivity index (χ1v) is 11.9. The lowest BCUT2D eigenvalue weighted by Gasteiger charge is -2.31. The summed E-state index contributed by atoms with van der Waals surface area (Å²) < 4.78 is 0. The molecule has 0 bridgehead atoms. The molecule has 2 saturated carbocycles. The second-order valence-electron chi connectivity index (χ2n) is 9.99. The Bertz CT molecular complexity index is 651. The quantitative estimate of drug-likeness (QED) is 0.685. The number of likely N-dealkylation sites (N-methyl/N-ethyl adjacent to an activating group) is 1. The molecule has 1 unspecified atom stereocenters. The molecule has 2 aliphatic heterocycles. The molecule has 3 N–H and O–H groups in total. The molecule has 2 heterocycles. The Labute approximate surface area is 175 Å². The van der Waals surface area contributed by atoms with Crippen LogP contribution in [-0.4, -0.2) is 47.2 Å². The number of carbonyl (C=O) groups excluding carboxylic acids is 2. The van der Waals surface area contributed by atoms with Gasteiger partial charge < -0.3 is 11.1 Å². The van der Waals surface area contributed by atoms with E-state index in [0.29, 0.717) is 24.1 Å². The normalized spacial score (nSPS) is 34.2. The number of ketones is 1. The first-order valence-electron chi connectivity index (χ1n) is 11.9. The smallest absolute Gasteiger partial charge is 0.257 e. The zero-order valence-corrected chi connectivity index (χ0v) is 18.0. The molecule has 0 aromatic rings. The number of amides is 1. The predicted molar refractivity (Wildman–Crippen MR) is 114 cm³/mol. The van der Waals surface area contributed by atoms with Crippen LogP contribution in [0.5, 0.6) is 0 Å². The first-order chi connectivity index (χ1) is 14.0. The molecular formula is C23H38N4O2. The van der Waals surface area contributed by atoms with Crippen molar-refractivity contribution in [2.45, 2.75) is 108 Å². The second kappa shape index (κ2) is 8.75. The summed E-state index contributed by atoms with van der Waals surface area (Å²) in [5, 5.41) is 3.58. The van der Waals surface area contributed by atoms with Crippen molar-refractivity contribution in [3.8, 4) is 0 Å². The minimum Gasteiger partial charge on any atom is -0.369 e. The summed E-state index contributed by atoms with van der Waals surface area (Å²) in [6.45, 7) is 0. The lowest BCUT2D eigenvalue weighted by Crippen LogP contribution is -2.47. The maximum atomic E-state index is 13.2. The van der Waals surface area contributed by atoms with Crippen molar-refractivity contribution in [2.24, 2.45) is 22.6 Å². The van der Waals surface area contributed by atoms with Gasteiger partial charge >= 0.3 is 0 Å². The number of aliphatic imine (C=N–C) groups is 1.